The number of nitrogens with one attached hydrogen (secondary N) is 1. The molecule has 136 valence electrons. The van der Waals surface area contributed by atoms with E-state index in [0.717, 1.165) is 31.9 Å². The van der Waals surface area contributed by atoms with Crippen LogP contribution in [0, 0.1) is 16.0 Å². The van der Waals surface area contributed by atoms with Gasteiger partial charge in [0.2, 0.25) is 10.0 Å². The predicted octanol–water partition coefficient (Wildman–Crippen LogP) is 2.68. The normalized spacial score (nSPS) is 16.6. The van der Waals surface area contributed by atoms with E-state index in [1.54, 1.807) is 0 Å². The second kappa shape index (κ2) is 8.96. The molecule has 7 nitrogen and oxygen atoms in total. The van der Waals surface area contributed by atoms with Crippen LogP contribution in [0.2, 0.25) is 5.02 Å². The van der Waals surface area contributed by atoms with E-state index >= 15 is 0 Å². The van der Waals surface area contributed by atoms with Gasteiger partial charge in [0.15, 0.2) is 0 Å². The van der Waals surface area contributed by atoms with Gasteiger partial charge in [-0.2, -0.15) is 4.31 Å². The lowest BCUT2D eigenvalue weighted by Crippen LogP contribution is -2.39. The van der Waals surface area contributed by atoms with Crippen LogP contribution in [0.3, 0.4) is 0 Å². The van der Waals surface area contributed by atoms with Gasteiger partial charge in [0.05, 0.1) is 9.95 Å². The van der Waals surface area contributed by atoms with Gasteiger partial charge in [-0.25, -0.2) is 8.42 Å². The van der Waals surface area contributed by atoms with E-state index in [4.69, 9.17) is 11.6 Å². The lowest BCUT2D eigenvalue weighted by Gasteiger charge is -2.31. The van der Waals surface area contributed by atoms with E-state index in [2.05, 4.69) is 5.32 Å². The van der Waals surface area contributed by atoms with E-state index in [1.807, 2.05) is 7.05 Å². The summed E-state index contributed by atoms with van der Waals surface area (Å²) in [4.78, 5) is 10.0. The second-order valence-corrected chi connectivity index (χ2v) is 7.93. The number of piperidine rings is 1. The zero-order valence-electron chi connectivity index (χ0n) is 13.3. The standard InChI is InChI=1S/C14H20ClN3O4S.ClH/c1-16-7-4-11-5-8-17(9-6-11)23(21,22)14-3-2-12(18(19)20)10-13(14)15;/h2-3,10-11,16H,4-9H2,1H3;1H. The Morgan fingerprint density at radius 1 is 1.38 bits per heavy atom. The van der Waals surface area contributed by atoms with Crippen LogP contribution >= 0.6 is 24.0 Å². The number of nitro groups is 1. The molecule has 0 aromatic heterocycles. The van der Waals surface area contributed by atoms with Crippen LogP contribution in [-0.2, 0) is 10.0 Å². The summed E-state index contributed by atoms with van der Waals surface area (Å²) in [5.74, 6) is 0.515. The molecule has 0 radical (unpaired) electrons. The average Bonchev–Trinajstić information content (AvgIpc) is 2.52. The molecule has 1 aromatic carbocycles. The van der Waals surface area contributed by atoms with E-state index in [-0.39, 0.29) is 28.0 Å². The highest BCUT2D eigenvalue weighted by molar-refractivity contribution is 7.89. The Morgan fingerprint density at radius 3 is 2.50 bits per heavy atom. The number of halogens is 2. The fourth-order valence-electron chi connectivity index (χ4n) is 2.74. The minimum atomic E-state index is -3.72. The van der Waals surface area contributed by atoms with E-state index in [1.165, 1.54) is 16.4 Å². The SMILES string of the molecule is CNCCC1CCN(S(=O)(=O)c2ccc([N+](=O)[O-])cc2Cl)CC1.Cl. The molecule has 1 fully saturated rings. The maximum atomic E-state index is 12.7. The smallest absolute Gasteiger partial charge is 0.271 e. The maximum Gasteiger partial charge on any atom is 0.271 e. The van der Waals surface area contributed by atoms with Gasteiger partial charge in [-0.3, -0.25) is 10.1 Å². The Kier molecular flexibility index (Phi) is 7.88. The summed E-state index contributed by atoms with van der Waals surface area (Å²) < 4.78 is 26.8. The summed E-state index contributed by atoms with van der Waals surface area (Å²) in [6, 6.07) is 3.45. The van der Waals surface area contributed by atoms with Crippen molar-refractivity contribution in [2.24, 2.45) is 5.92 Å². The third-order valence-corrected chi connectivity index (χ3v) is 6.50. The fraction of sp³-hybridized carbons (Fsp3) is 0.571. The molecule has 0 bridgehead atoms. The number of nitro benzene ring substituents is 1. The number of non-ortho nitro benzene ring substituents is 1. The summed E-state index contributed by atoms with van der Waals surface area (Å²) >= 11 is 5.96. The van der Waals surface area contributed by atoms with Crippen LogP contribution < -0.4 is 5.32 Å². The van der Waals surface area contributed by atoms with Gasteiger partial charge >= 0.3 is 0 Å². The van der Waals surface area contributed by atoms with Crippen LogP contribution in [0.1, 0.15) is 19.3 Å². The van der Waals surface area contributed by atoms with E-state index in [9.17, 15) is 18.5 Å². The van der Waals surface area contributed by atoms with Crippen molar-refractivity contribution in [1.82, 2.24) is 9.62 Å². The molecule has 0 spiro atoms. The highest BCUT2D eigenvalue weighted by Gasteiger charge is 2.31. The molecule has 1 heterocycles. The first kappa shape index (κ1) is 21.1. The molecular weight excluding hydrogens is 377 g/mol. The molecule has 1 N–H and O–H groups in total. The molecular formula is C14H21Cl2N3O4S. The lowest BCUT2D eigenvalue weighted by molar-refractivity contribution is -0.384. The Balaban J connectivity index is 0.00000288. The summed E-state index contributed by atoms with van der Waals surface area (Å²) in [6.07, 6.45) is 2.65. The molecule has 0 aliphatic carbocycles. The molecule has 0 unspecified atom stereocenters. The minimum Gasteiger partial charge on any atom is -0.320 e. The van der Waals surface area contributed by atoms with Gasteiger partial charge in [0, 0.05) is 25.2 Å². The molecule has 1 saturated heterocycles. The Morgan fingerprint density at radius 2 is 2.00 bits per heavy atom. The summed E-state index contributed by atoms with van der Waals surface area (Å²) in [5, 5.41) is 13.7. The third kappa shape index (κ3) is 4.80. The topological polar surface area (TPSA) is 92.6 Å². The zero-order chi connectivity index (χ0) is 17.0. The van der Waals surface area contributed by atoms with Crippen molar-refractivity contribution in [2.45, 2.75) is 24.2 Å². The molecule has 1 aliphatic heterocycles. The number of nitrogens with zero attached hydrogens (tertiary/aromatic N) is 2. The van der Waals surface area contributed by atoms with Gasteiger partial charge in [-0.1, -0.05) is 11.6 Å². The van der Waals surface area contributed by atoms with Gasteiger partial charge < -0.3 is 5.32 Å². The predicted molar refractivity (Wildman–Crippen MR) is 95.4 cm³/mol. The monoisotopic (exact) mass is 397 g/mol. The molecule has 24 heavy (non-hydrogen) atoms. The Hall–Kier alpha value is -0.930. The van der Waals surface area contributed by atoms with Crippen molar-refractivity contribution in [3.63, 3.8) is 0 Å². The molecule has 2 rings (SSSR count). The Labute approximate surface area is 153 Å². The zero-order valence-corrected chi connectivity index (χ0v) is 15.7. The Bertz CT molecular complexity index is 677. The maximum absolute atomic E-state index is 12.7. The van der Waals surface area contributed by atoms with Crippen LogP contribution in [0.5, 0.6) is 0 Å². The van der Waals surface area contributed by atoms with E-state index < -0.39 is 14.9 Å². The minimum absolute atomic E-state index is 0. The third-order valence-electron chi connectivity index (χ3n) is 4.12. The average molecular weight is 398 g/mol. The fourth-order valence-corrected chi connectivity index (χ4v) is 4.72. The van der Waals surface area contributed by atoms with Crippen molar-refractivity contribution in [1.29, 1.82) is 0 Å². The molecule has 0 atom stereocenters. The number of rotatable bonds is 6. The first-order valence-electron chi connectivity index (χ1n) is 7.45. The lowest BCUT2D eigenvalue weighted by atomic mass is 9.95. The van der Waals surface area contributed by atoms with Crippen LogP contribution in [0.15, 0.2) is 23.1 Å². The number of hydrogen-bond acceptors (Lipinski definition) is 5. The van der Waals surface area contributed by atoms with Crippen LogP contribution in [0.25, 0.3) is 0 Å². The van der Waals surface area contributed by atoms with E-state index in [0.29, 0.717) is 19.0 Å². The van der Waals surface area contributed by atoms with Gasteiger partial charge in [0.25, 0.3) is 5.69 Å². The van der Waals surface area contributed by atoms with Gasteiger partial charge in [0.1, 0.15) is 4.90 Å². The number of sulfonamides is 1. The molecule has 1 aliphatic rings. The van der Waals surface area contributed by atoms with Crippen molar-refractivity contribution >= 4 is 39.7 Å². The molecule has 0 amide bonds. The van der Waals surface area contributed by atoms with Crippen molar-refractivity contribution in [3.05, 3.63) is 33.3 Å². The summed E-state index contributed by atoms with van der Waals surface area (Å²) in [6.45, 7) is 1.82. The first-order valence-corrected chi connectivity index (χ1v) is 9.26. The molecule has 1 aromatic rings. The number of benzene rings is 1. The molecule has 0 saturated carbocycles. The van der Waals surface area contributed by atoms with Gasteiger partial charge in [-0.15, -0.1) is 12.4 Å². The largest absolute Gasteiger partial charge is 0.320 e. The van der Waals surface area contributed by atoms with Crippen molar-refractivity contribution in [3.8, 4) is 0 Å². The summed E-state index contributed by atoms with van der Waals surface area (Å²) in [7, 11) is -1.82. The highest BCUT2D eigenvalue weighted by atomic mass is 35.5. The highest BCUT2D eigenvalue weighted by Crippen LogP contribution is 2.31. The summed E-state index contributed by atoms with van der Waals surface area (Å²) in [5.41, 5.74) is -0.222. The molecule has 10 heteroatoms. The second-order valence-electron chi connectivity index (χ2n) is 5.61. The first-order chi connectivity index (χ1) is 10.9. The van der Waals surface area contributed by atoms with Gasteiger partial charge in [-0.05, 0) is 44.8 Å². The van der Waals surface area contributed by atoms with Crippen LogP contribution in [-0.4, -0.2) is 44.3 Å². The van der Waals surface area contributed by atoms with Crippen molar-refractivity contribution < 1.29 is 13.3 Å². The quantitative estimate of drug-likeness (QED) is 0.588. The van der Waals surface area contributed by atoms with Crippen molar-refractivity contribution in [2.75, 3.05) is 26.7 Å². The number of hydrogen-bond donors (Lipinski definition) is 1. The van der Waals surface area contributed by atoms with Crippen LogP contribution in [0.4, 0.5) is 5.69 Å².